The maximum Gasteiger partial charge on any atom is 0.236 e. The molecule has 0 atom stereocenters. The molecule has 5 heteroatoms. The van der Waals surface area contributed by atoms with Crippen molar-refractivity contribution >= 4 is 18.3 Å². The van der Waals surface area contributed by atoms with Crippen LogP contribution < -0.4 is 5.32 Å². The number of amides is 1. The molecule has 1 aliphatic carbocycles. The Hall–Kier alpha value is -1.13. The smallest absolute Gasteiger partial charge is 0.236 e. The van der Waals surface area contributed by atoms with Gasteiger partial charge in [0.15, 0.2) is 0 Å². The van der Waals surface area contributed by atoms with Crippen LogP contribution in [0.25, 0.3) is 0 Å². The van der Waals surface area contributed by atoms with E-state index in [4.69, 9.17) is 0 Å². The number of rotatable bonds is 6. The van der Waals surface area contributed by atoms with Crippen LogP contribution in [0.1, 0.15) is 18.4 Å². The monoisotopic (exact) mass is 286 g/mol. The van der Waals surface area contributed by atoms with Crippen molar-refractivity contribution in [3.63, 3.8) is 0 Å². The molecule has 0 spiro atoms. The van der Waals surface area contributed by atoms with Gasteiger partial charge < -0.3 is 10.2 Å². The molecule has 0 aromatic heterocycles. The first kappa shape index (κ1) is 15.9. The molecule has 1 fully saturated rings. The first-order chi connectivity index (χ1) is 8.66. The Morgan fingerprint density at radius 2 is 2.11 bits per heavy atom. The summed E-state index contributed by atoms with van der Waals surface area (Å²) in [5.41, 5.74) is 0.551. The zero-order valence-corrected chi connectivity index (χ0v) is 11.9. The summed E-state index contributed by atoms with van der Waals surface area (Å²) in [6.07, 6.45) is 2.54. The highest BCUT2D eigenvalue weighted by Crippen LogP contribution is 2.27. The molecule has 0 heterocycles. The molecule has 2 rings (SSSR count). The third kappa shape index (κ3) is 5.17. The third-order valence-electron chi connectivity index (χ3n) is 3.20. The van der Waals surface area contributed by atoms with E-state index in [0.717, 1.165) is 12.5 Å². The summed E-state index contributed by atoms with van der Waals surface area (Å²) in [6, 6.07) is 6.55. The molecule has 1 aromatic carbocycles. The lowest BCUT2D eigenvalue weighted by Crippen LogP contribution is -2.36. The number of nitrogens with one attached hydrogen (secondary N) is 1. The van der Waals surface area contributed by atoms with Crippen molar-refractivity contribution in [3.8, 4) is 0 Å². The van der Waals surface area contributed by atoms with Crippen molar-refractivity contribution in [1.29, 1.82) is 0 Å². The van der Waals surface area contributed by atoms with E-state index in [-0.39, 0.29) is 24.1 Å². The Kier molecular flexibility index (Phi) is 6.25. The number of halogens is 2. The molecule has 0 unspecified atom stereocenters. The van der Waals surface area contributed by atoms with Gasteiger partial charge in [0.05, 0.1) is 6.54 Å². The first-order valence-corrected chi connectivity index (χ1v) is 6.35. The minimum absolute atomic E-state index is 0. The van der Waals surface area contributed by atoms with Gasteiger partial charge >= 0.3 is 0 Å². The van der Waals surface area contributed by atoms with E-state index < -0.39 is 0 Å². The molecule has 1 N–H and O–H groups in total. The van der Waals surface area contributed by atoms with E-state index in [1.165, 1.54) is 18.9 Å². The molecule has 1 aliphatic rings. The lowest BCUT2D eigenvalue weighted by Gasteiger charge is -2.18. The lowest BCUT2D eigenvalue weighted by atomic mass is 10.2. The minimum atomic E-state index is -0.261. The molecule has 0 bridgehead atoms. The summed E-state index contributed by atoms with van der Waals surface area (Å²) in [5, 5.41) is 3.14. The Morgan fingerprint density at radius 3 is 2.74 bits per heavy atom. The number of hydrogen-bond donors (Lipinski definition) is 1. The number of hydrogen-bond acceptors (Lipinski definition) is 2. The molecule has 0 saturated heterocycles. The molecule has 19 heavy (non-hydrogen) atoms. The van der Waals surface area contributed by atoms with Gasteiger partial charge in [0.25, 0.3) is 0 Å². The second-order valence-corrected chi connectivity index (χ2v) is 4.92. The maximum absolute atomic E-state index is 13.4. The van der Waals surface area contributed by atoms with Gasteiger partial charge in [-0.2, -0.15) is 0 Å². The highest BCUT2D eigenvalue weighted by molar-refractivity contribution is 5.85. The predicted molar refractivity (Wildman–Crippen MR) is 75.7 cm³/mol. The Labute approximate surface area is 119 Å². The van der Waals surface area contributed by atoms with Crippen molar-refractivity contribution < 1.29 is 9.18 Å². The molecule has 0 radical (unpaired) electrons. The molecular formula is C14H20ClFN2O. The highest BCUT2D eigenvalue weighted by atomic mass is 35.5. The lowest BCUT2D eigenvalue weighted by molar-refractivity contribution is -0.129. The zero-order valence-electron chi connectivity index (χ0n) is 11.1. The van der Waals surface area contributed by atoms with Crippen molar-refractivity contribution in [2.24, 2.45) is 5.92 Å². The summed E-state index contributed by atoms with van der Waals surface area (Å²) >= 11 is 0. The number of benzene rings is 1. The second kappa shape index (κ2) is 7.46. The molecule has 0 aliphatic heterocycles. The van der Waals surface area contributed by atoms with Crippen LogP contribution in [0.3, 0.4) is 0 Å². The average Bonchev–Trinajstić information content (AvgIpc) is 3.16. The van der Waals surface area contributed by atoms with Crippen LogP contribution in [0.5, 0.6) is 0 Å². The van der Waals surface area contributed by atoms with Gasteiger partial charge in [-0.25, -0.2) is 4.39 Å². The summed E-state index contributed by atoms with van der Waals surface area (Å²) in [6.45, 7) is 1.57. The van der Waals surface area contributed by atoms with E-state index in [0.29, 0.717) is 18.7 Å². The standard InChI is InChI=1S/C14H19FN2O.ClH/c1-17(10-12-4-2-3-5-13(12)15)14(18)9-16-8-11-6-7-11;/h2-5,11,16H,6-10H2,1H3;1H. The summed E-state index contributed by atoms with van der Waals surface area (Å²) in [7, 11) is 1.70. The number of carbonyl (C=O) groups is 1. The van der Waals surface area contributed by atoms with Crippen LogP contribution in [-0.2, 0) is 11.3 Å². The molecule has 1 amide bonds. The fraction of sp³-hybridized carbons (Fsp3) is 0.500. The van der Waals surface area contributed by atoms with Gasteiger partial charge in [-0.15, -0.1) is 12.4 Å². The molecular weight excluding hydrogens is 267 g/mol. The molecule has 106 valence electrons. The average molecular weight is 287 g/mol. The molecule has 1 aromatic rings. The maximum atomic E-state index is 13.4. The quantitative estimate of drug-likeness (QED) is 0.870. The number of carbonyl (C=O) groups excluding carboxylic acids is 1. The van der Waals surface area contributed by atoms with E-state index in [9.17, 15) is 9.18 Å². The predicted octanol–water partition coefficient (Wildman–Crippen LogP) is 2.21. The van der Waals surface area contributed by atoms with Crippen LogP contribution in [0.2, 0.25) is 0 Å². The highest BCUT2D eigenvalue weighted by Gasteiger charge is 2.21. The van der Waals surface area contributed by atoms with Crippen molar-refractivity contribution in [1.82, 2.24) is 10.2 Å². The zero-order chi connectivity index (χ0) is 13.0. The fourth-order valence-corrected chi connectivity index (χ4v) is 1.81. The fourth-order valence-electron chi connectivity index (χ4n) is 1.81. The SMILES string of the molecule is CN(Cc1ccccc1F)C(=O)CNCC1CC1.Cl. The topological polar surface area (TPSA) is 32.3 Å². The summed E-state index contributed by atoms with van der Waals surface area (Å²) in [4.78, 5) is 13.4. The van der Waals surface area contributed by atoms with Crippen LogP contribution in [0.4, 0.5) is 4.39 Å². The van der Waals surface area contributed by atoms with E-state index in [1.807, 2.05) is 0 Å². The van der Waals surface area contributed by atoms with Gasteiger partial charge in [-0.1, -0.05) is 18.2 Å². The Bertz CT molecular complexity index is 424. The van der Waals surface area contributed by atoms with E-state index in [1.54, 1.807) is 30.1 Å². The van der Waals surface area contributed by atoms with Crippen LogP contribution >= 0.6 is 12.4 Å². The van der Waals surface area contributed by atoms with Gasteiger partial charge in [-0.3, -0.25) is 4.79 Å². The summed E-state index contributed by atoms with van der Waals surface area (Å²) in [5.74, 6) is 0.497. The largest absolute Gasteiger partial charge is 0.340 e. The molecule has 1 saturated carbocycles. The van der Waals surface area contributed by atoms with Crippen molar-refractivity contribution in [3.05, 3.63) is 35.6 Å². The first-order valence-electron chi connectivity index (χ1n) is 6.35. The van der Waals surface area contributed by atoms with Crippen molar-refractivity contribution in [2.45, 2.75) is 19.4 Å². The Morgan fingerprint density at radius 1 is 1.42 bits per heavy atom. The third-order valence-corrected chi connectivity index (χ3v) is 3.20. The van der Waals surface area contributed by atoms with E-state index >= 15 is 0 Å². The second-order valence-electron chi connectivity index (χ2n) is 4.92. The molecule has 3 nitrogen and oxygen atoms in total. The van der Waals surface area contributed by atoms with Gasteiger partial charge in [-0.05, 0) is 31.4 Å². The normalized spacial score (nSPS) is 13.8. The van der Waals surface area contributed by atoms with Gasteiger partial charge in [0.2, 0.25) is 5.91 Å². The minimum Gasteiger partial charge on any atom is -0.340 e. The van der Waals surface area contributed by atoms with Crippen LogP contribution in [0.15, 0.2) is 24.3 Å². The van der Waals surface area contributed by atoms with E-state index in [2.05, 4.69) is 5.32 Å². The van der Waals surface area contributed by atoms with Crippen LogP contribution in [0, 0.1) is 11.7 Å². The van der Waals surface area contributed by atoms with Crippen LogP contribution in [-0.4, -0.2) is 30.9 Å². The van der Waals surface area contributed by atoms with Gasteiger partial charge in [0.1, 0.15) is 5.82 Å². The van der Waals surface area contributed by atoms with Crippen molar-refractivity contribution in [2.75, 3.05) is 20.1 Å². The number of likely N-dealkylation sites (N-methyl/N-ethyl adjacent to an activating group) is 1. The van der Waals surface area contributed by atoms with Gasteiger partial charge in [0, 0.05) is 19.2 Å². The Balaban J connectivity index is 0.00000180. The summed E-state index contributed by atoms with van der Waals surface area (Å²) < 4.78 is 13.4. The number of nitrogens with zero attached hydrogens (tertiary/aromatic N) is 1.